The molecule has 2 saturated heterocycles. The number of phenols is 1. The van der Waals surface area contributed by atoms with E-state index < -0.39 is 52.6 Å². The van der Waals surface area contributed by atoms with Crippen LogP contribution in [0.1, 0.15) is 43.7 Å². The van der Waals surface area contributed by atoms with E-state index in [2.05, 4.69) is 15.9 Å². The van der Waals surface area contributed by atoms with Gasteiger partial charge in [0.1, 0.15) is 5.82 Å². The first kappa shape index (κ1) is 31.6. The summed E-state index contributed by atoms with van der Waals surface area (Å²) in [4.78, 5) is 59.4. The van der Waals surface area contributed by atoms with Crippen molar-refractivity contribution in [3.05, 3.63) is 92.7 Å². The lowest BCUT2D eigenvalue weighted by Crippen LogP contribution is -2.48. The number of hydrogen-bond acceptors (Lipinski definition) is 6. The van der Waals surface area contributed by atoms with Crippen LogP contribution in [-0.2, 0) is 25.6 Å². The van der Waals surface area contributed by atoms with Gasteiger partial charge in [0, 0.05) is 5.92 Å². The molecule has 242 valence electrons. The molecule has 1 saturated carbocycles. The molecule has 0 bridgehead atoms. The molecule has 6 unspecified atom stereocenters. The van der Waals surface area contributed by atoms with Crippen LogP contribution < -0.4 is 14.5 Å². The number of ether oxygens (including phenoxy) is 1. The van der Waals surface area contributed by atoms with Gasteiger partial charge < -0.3 is 9.84 Å². The first-order chi connectivity index (χ1) is 22.4. The number of carbonyl (C=O) groups is 4. The number of methoxy groups -OCH3 is 1. The largest absolute Gasteiger partial charge is 0.503 e. The maximum atomic E-state index is 14.6. The van der Waals surface area contributed by atoms with E-state index in [0.29, 0.717) is 15.7 Å². The number of fused-ring (bicyclic) bond motifs is 4. The summed E-state index contributed by atoms with van der Waals surface area (Å²) in [6, 6.07) is 14.4. The Kier molecular flexibility index (Phi) is 7.59. The van der Waals surface area contributed by atoms with Crippen molar-refractivity contribution in [1.82, 2.24) is 0 Å². The summed E-state index contributed by atoms with van der Waals surface area (Å²) in [6.07, 6.45) is 3.22. The van der Waals surface area contributed by atoms with E-state index in [1.807, 2.05) is 25.1 Å². The third-order valence-corrected chi connectivity index (χ3v) is 11.5. The third-order valence-electron chi connectivity index (χ3n) is 10.6. The maximum absolute atomic E-state index is 14.6. The Morgan fingerprint density at radius 3 is 2.34 bits per heavy atom. The van der Waals surface area contributed by atoms with Gasteiger partial charge in [0.2, 0.25) is 23.6 Å². The van der Waals surface area contributed by atoms with Gasteiger partial charge in [-0.3, -0.25) is 24.1 Å². The smallest absolute Gasteiger partial charge is 0.241 e. The summed E-state index contributed by atoms with van der Waals surface area (Å²) in [5.41, 5.74) is 1.77. The predicted molar refractivity (Wildman–Crippen MR) is 177 cm³/mol. The SMILES string of the molecule is CCc1ccc(N2C(=O)C3CC=C4C(CC5C(=O)N(c6ccc(F)c(Cl)c6)C(=O)C5(C)C4c4cc(Br)c(O)c(OC)c4)C3C2=O)cc1. The normalized spacial score (nSPS) is 28.3. The topological polar surface area (TPSA) is 104 Å². The molecule has 3 fully saturated rings. The Hall–Kier alpha value is -4.02. The van der Waals surface area contributed by atoms with E-state index in [1.54, 1.807) is 31.2 Å². The fourth-order valence-electron chi connectivity index (χ4n) is 8.32. The van der Waals surface area contributed by atoms with Crippen LogP contribution >= 0.6 is 27.5 Å². The van der Waals surface area contributed by atoms with Crippen LogP contribution in [0.2, 0.25) is 5.02 Å². The van der Waals surface area contributed by atoms with Crippen molar-refractivity contribution in [3.8, 4) is 11.5 Å². The number of carbonyl (C=O) groups excluding carboxylic acids is 4. The molecule has 47 heavy (non-hydrogen) atoms. The molecular formula is C36H31BrClFN2O6. The Bertz CT molecular complexity index is 1910. The number of rotatable bonds is 5. The van der Waals surface area contributed by atoms with E-state index in [4.69, 9.17) is 16.3 Å². The zero-order chi connectivity index (χ0) is 33.5. The lowest BCUT2D eigenvalue weighted by Gasteiger charge is -2.49. The van der Waals surface area contributed by atoms with Gasteiger partial charge in [-0.05, 0) is 102 Å². The van der Waals surface area contributed by atoms with Gasteiger partial charge in [0.15, 0.2) is 11.5 Å². The molecular weight excluding hydrogens is 691 g/mol. The van der Waals surface area contributed by atoms with Crippen LogP contribution in [0.3, 0.4) is 0 Å². The lowest BCUT2D eigenvalue weighted by molar-refractivity contribution is -0.131. The molecule has 2 heterocycles. The second kappa shape index (κ2) is 11.3. The zero-order valence-corrected chi connectivity index (χ0v) is 28.1. The Morgan fingerprint density at radius 2 is 1.68 bits per heavy atom. The minimum atomic E-state index is -1.34. The fourth-order valence-corrected chi connectivity index (χ4v) is 8.95. The maximum Gasteiger partial charge on any atom is 0.241 e. The summed E-state index contributed by atoms with van der Waals surface area (Å²) in [5.74, 6) is -5.72. The number of imide groups is 2. The summed E-state index contributed by atoms with van der Waals surface area (Å²) in [5, 5.41) is 10.4. The molecule has 1 N–H and O–H groups in total. The number of phenolic OH excluding ortho intramolecular Hbond substituents is 1. The number of aryl methyl sites for hydroxylation is 1. The molecule has 11 heteroatoms. The summed E-state index contributed by atoms with van der Waals surface area (Å²) < 4.78 is 19.9. The number of halogens is 3. The van der Waals surface area contributed by atoms with Crippen molar-refractivity contribution >= 4 is 62.5 Å². The van der Waals surface area contributed by atoms with Gasteiger partial charge in [-0.2, -0.15) is 0 Å². The summed E-state index contributed by atoms with van der Waals surface area (Å²) in [6.45, 7) is 3.77. The number of allylic oxidation sites excluding steroid dienone is 2. The summed E-state index contributed by atoms with van der Waals surface area (Å²) in [7, 11) is 1.42. The highest BCUT2D eigenvalue weighted by Crippen LogP contribution is 2.64. The average molecular weight is 722 g/mol. The van der Waals surface area contributed by atoms with Gasteiger partial charge in [0.05, 0.1) is 51.1 Å². The Morgan fingerprint density at radius 1 is 0.979 bits per heavy atom. The van der Waals surface area contributed by atoms with Crippen LogP contribution in [0.4, 0.5) is 15.8 Å². The molecule has 6 atom stereocenters. The van der Waals surface area contributed by atoms with Crippen molar-refractivity contribution in [2.24, 2.45) is 29.1 Å². The molecule has 0 spiro atoms. The number of hydrogen-bond donors (Lipinski definition) is 1. The van der Waals surface area contributed by atoms with E-state index in [9.17, 15) is 28.7 Å². The van der Waals surface area contributed by atoms with Crippen LogP contribution in [0.25, 0.3) is 0 Å². The van der Waals surface area contributed by atoms with Crippen molar-refractivity contribution in [2.75, 3.05) is 16.9 Å². The van der Waals surface area contributed by atoms with E-state index in [-0.39, 0.29) is 46.9 Å². The quantitative estimate of drug-likeness (QED) is 0.226. The average Bonchev–Trinajstić information content (AvgIpc) is 3.43. The molecule has 0 aromatic heterocycles. The molecule has 8 nitrogen and oxygen atoms in total. The molecule has 2 aliphatic carbocycles. The number of nitrogens with zero attached hydrogens (tertiary/aromatic N) is 2. The van der Waals surface area contributed by atoms with Gasteiger partial charge in [-0.15, -0.1) is 0 Å². The molecule has 3 aromatic rings. The van der Waals surface area contributed by atoms with Crippen molar-refractivity contribution in [2.45, 2.75) is 39.0 Å². The summed E-state index contributed by atoms with van der Waals surface area (Å²) >= 11 is 9.50. The van der Waals surface area contributed by atoms with E-state index in [1.165, 1.54) is 24.1 Å². The fraction of sp³-hybridized carbons (Fsp3) is 0.333. The number of anilines is 2. The van der Waals surface area contributed by atoms with Crippen LogP contribution in [-0.4, -0.2) is 35.8 Å². The van der Waals surface area contributed by atoms with Crippen molar-refractivity contribution in [1.29, 1.82) is 0 Å². The Labute approximate surface area is 284 Å². The van der Waals surface area contributed by atoms with Crippen LogP contribution in [0.15, 0.2) is 70.7 Å². The molecule has 4 aliphatic rings. The van der Waals surface area contributed by atoms with Crippen molar-refractivity contribution in [3.63, 3.8) is 0 Å². The van der Waals surface area contributed by atoms with Gasteiger partial charge in [0.25, 0.3) is 0 Å². The standard InChI is InChI=1S/C36H31BrClFN2O6/c1-4-17-5-7-19(8-6-17)40-32(43)22-11-10-21-23(29(22)34(40)45)16-24-33(44)41(20-9-12-27(39)26(38)15-20)35(46)36(24,2)30(21)18-13-25(37)31(42)28(14-18)47-3/h5-10,12-15,22-24,29-30,42H,4,11,16H2,1-3H3. The predicted octanol–water partition coefficient (Wildman–Crippen LogP) is 6.95. The second-order valence-corrected chi connectivity index (χ2v) is 14.1. The van der Waals surface area contributed by atoms with Crippen LogP contribution in [0.5, 0.6) is 11.5 Å². The first-order valence-corrected chi connectivity index (χ1v) is 16.7. The molecule has 7 rings (SSSR count). The third kappa shape index (κ3) is 4.51. The monoisotopic (exact) mass is 720 g/mol. The lowest BCUT2D eigenvalue weighted by atomic mass is 9.51. The minimum Gasteiger partial charge on any atom is -0.503 e. The number of aromatic hydroxyl groups is 1. The molecule has 2 aliphatic heterocycles. The number of benzene rings is 3. The van der Waals surface area contributed by atoms with E-state index in [0.717, 1.165) is 28.5 Å². The minimum absolute atomic E-state index is 0.124. The highest BCUT2D eigenvalue weighted by molar-refractivity contribution is 9.10. The Balaban J connectivity index is 1.38. The second-order valence-electron chi connectivity index (χ2n) is 12.8. The zero-order valence-electron chi connectivity index (χ0n) is 25.8. The molecule has 3 aromatic carbocycles. The van der Waals surface area contributed by atoms with Crippen molar-refractivity contribution < 1.29 is 33.4 Å². The van der Waals surface area contributed by atoms with Gasteiger partial charge >= 0.3 is 0 Å². The number of amides is 4. The highest BCUT2D eigenvalue weighted by Gasteiger charge is 2.67. The van der Waals surface area contributed by atoms with Crippen LogP contribution in [0, 0.1) is 34.9 Å². The van der Waals surface area contributed by atoms with Gasteiger partial charge in [-0.1, -0.05) is 42.3 Å². The first-order valence-electron chi connectivity index (χ1n) is 15.5. The molecule has 4 amide bonds. The van der Waals surface area contributed by atoms with Gasteiger partial charge in [-0.25, -0.2) is 9.29 Å². The molecule has 0 radical (unpaired) electrons. The highest BCUT2D eigenvalue weighted by atomic mass is 79.9. The van der Waals surface area contributed by atoms with E-state index >= 15 is 0 Å².